The number of aromatic nitrogens is 2. The third-order valence-corrected chi connectivity index (χ3v) is 3.91. The van der Waals surface area contributed by atoms with Gasteiger partial charge in [0.25, 0.3) is 0 Å². The summed E-state index contributed by atoms with van der Waals surface area (Å²) in [5, 5.41) is 0. The van der Waals surface area contributed by atoms with Crippen LogP contribution in [0.1, 0.15) is 18.3 Å². The lowest BCUT2D eigenvalue weighted by molar-refractivity contribution is 0.305. The van der Waals surface area contributed by atoms with Crippen LogP contribution in [-0.4, -0.2) is 27.8 Å². The van der Waals surface area contributed by atoms with E-state index >= 15 is 0 Å². The monoisotopic (exact) mass is 275 g/mol. The van der Waals surface area contributed by atoms with Gasteiger partial charge in [-0.3, -0.25) is 4.90 Å². The van der Waals surface area contributed by atoms with Crippen molar-refractivity contribution in [2.75, 3.05) is 13.3 Å². The Morgan fingerprint density at radius 1 is 1.21 bits per heavy atom. The molecule has 0 amide bonds. The van der Waals surface area contributed by atoms with Gasteiger partial charge < -0.3 is 4.57 Å². The number of imidazole rings is 1. The van der Waals surface area contributed by atoms with Crippen LogP contribution in [0.2, 0.25) is 0 Å². The van der Waals surface area contributed by atoms with Crippen LogP contribution in [0.5, 0.6) is 0 Å². The number of aryl methyl sites for hydroxylation is 1. The summed E-state index contributed by atoms with van der Waals surface area (Å²) in [6, 6.07) is 8.77. The average Bonchev–Trinajstić information content (AvgIpc) is 2.86. The molecular weight excluding hydrogens is 254 g/mol. The van der Waals surface area contributed by atoms with Crippen molar-refractivity contribution in [3.05, 3.63) is 48.0 Å². The summed E-state index contributed by atoms with van der Waals surface area (Å²) >= 11 is 1.78. The minimum Gasteiger partial charge on any atom is -0.334 e. The molecule has 0 N–H and O–H groups in total. The molecular formula is C15H21N3S. The predicted molar refractivity (Wildman–Crippen MR) is 81.3 cm³/mol. The molecule has 0 aliphatic heterocycles. The van der Waals surface area contributed by atoms with Gasteiger partial charge in [0.2, 0.25) is 0 Å². The third-order valence-electron chi connectivity index (χ3n) is 3.17. The second-order valence-corrected chi connectivity index (χ2v) is 5.53. The fourth-order valence-corrected chi connectivity index (χ4v) is 2.53. The van der Waals surface area contributed by atoms with Crippen LogP contribution in [0.4, 0.5) is 0 Å². The van der Waals surface area contributed by atoms with Crippen LogP contribution in [0.15, 0.2) is 41.6 Å². The summed E-state index contributed by atoms with van der Waals surface area (Å²) in [5.41, 5.74) is 1.34. The van der Waals surface area contributed by atoms with Crippen molar-refractivity contribution >= 4 is 11.8 Å². The minimum absolute atomic E-state index is 0.880. The number of hydrogen-bond donors (Lipinski definition) is 0. The van der Waals surface area contributed by atoms with E-state index in [1.54, 1.807) is 11.8 Å². The van der Waals surface area contributed by atoms with E-state index in [1.807, 2.05) is 12.4 Å². The molecule has 0 unspecified atom stereocenters. The topological polar surface area (TPSA) is 21.1 Å². The Balaban J connectivity index is 1.95. The van der Waals surface area contributed by atoms with Crippen LogP contribution in [-0.2, 0) is 19.6 Å². The van der Waals surface area contributed by atoms with Crippen molar-refractivity contribution in [2.45, 2.75) is 31.5 Å². The van der Waals surface area contributed by atoms with Gasteiger partial charge in [-0.2, -0.15) is 0 Å². The molecule has 3 nitrogen and oxygen atoms in total. The summed E-state index contributed by atoms with van der Waals surface area (Å²) in [6.45, 7) is 4.95. The normalized spacial score (nSPS) is 11.2. The van der Waals surface area contributed by atoms with Gasteiger partial charge in [0, 0.05) is 30.4 Å². The van der Waals surface area contributed by atoms with Crippen molar-refractivity contribution in [3.8, 4) is 0 Å². The van der Waals surface area contributed by atoms with E-state index in [4.69, 9.17) is 0 Å². The number of nitrogens with zero attached hydrogens (tertiary/aromatic N) is 3. The van der Waals surface area contributed by atoms with Crippen LogP contribution in [0.3, 0.4) is 0 Å². The van der Waals surface area contributed by atoms with Gasteiger partial charge >= 0.3 is 0 Å². The van der Waals surface area contributed by atoms with E-state index in [9.17, 15) is 0 Å². The summed E-state index contributed by atoms with van der Waals surface area (Å²) in [4.78, 5) is 8.02. The summed E-state index contributed by atoms with van der Waals surface area (Å²) in [7, 11) is 2.14. The maximum absolute atomic E-state index is 4.41. The average molecular weight is 275 g/mol. The zero-order valence-electron chi connectivity index (χ0n) is 11.8. The number of thioether (sulfide) groups is 1. The van der Waals surface area contributed by atoms with Crippen LogP contribution < -0.4 is 0 Å². The first-order chi connectivity index (χ1) is 9.22. The third kappa shape index (κ3) is 3.85. The molecule has 0 saturated carbocycles. The molecule has 0 radical (unpaired) electrons. The summed E-state index contributed by atoms with van der Waals surface area (Å²) in [6.07, 6.45) is 6.02. The molecule has 1 aromatic heterocycles. The summed E-state index contributed by atoms with van der Waals surface area (Å²) < 4.78 is 2.19. The minimum atomic E-state index is 0.880. The van der Waals surface area contributed by atoms with Gasteiger partial charge in [0.1, 0.15) is 5.82 Å². The highest BCUT2D eigenvalue weighted by Gasteiger charge is 2.06. The first-order valence-corrected chi connectivity index (χ1v) is 7.77. The maximum Gasteiger partial charge on any atom is 0.122 e. The van der Waals surface area contributed by atoms with Crippen molar-refractivity contribution in [1.29, 1.82) is 0 Å². The highest BCUT2D eigenvalue weighted by Crippen LogP contribution is 2.16. The SMILES string of the molecule is CCn1ccnc1CN(C)Cc1ccc(SC)cc1. The Kier molecular flexibility index (Phi) is 5.05. The highest BCUT2D eigenvalue weighted by molar-refractivity contribution is 7.98. The molecule has 19 heavy (non-hydrogen) atoms. The van der Waals surface area contributed by atoms with Crippen LogP contribution >= 0.6 is 11.8 Å². The van der Waals surface area contributed by atoms with Crippen LogP contribution in [0.25, 0.3) is 0 Å². The van der Waals surface area contributed by atoms with Gasteiger partial charge in [-0.15, -0.1) is 11.8 Å². The predicted octanol–water partition coefficient (Wildman–Crippen LogP) is 3.26. The molecule has 0 atom stereocenters. The Morgan fingerprint density at radius 3 is 2.58 bits per heavy atom. The molecule has 2 aromatic rings. The van der Waals surface area contributed by atoms with Gasteiger partial charge in [-0.05, 0) is 37.9 Å². The number of benzene rings is 1. The first-order valence-electron chi connectivity index (χ1n) is 6.54. The molecule has 1 heterocycles. The maximum atomic E-state index is 4.41. The molecule has 0 fully saturated rings. The second-order valence-electron chi connectivity index (χ2n) is 4.65. The number of rotatable bonds is 6. The quantitative estimate of drug-likeness (QED) is 0.755. The molecule has 0 spiro atoms. The Bertz CT molecular complexity index is 504. The Labute approximate surface area is 119 Å². The molecule has 0 aliphatic carbocycles. The standard InChI is InChI=1S/C15H21N3S/c1-4-18-10-9-16-15(18)12-17(2)11-13-5-7-14(19-3)8-6-13/h5-10H,4,11-12H2,1-3H3. The molecule has 102 valence electrons. The fraction of sp³-hybridized carbons (Fsp3) is 0.400. The van der Waals surface area contributed by atoms with E-state index in [-0.39, 0.29) is 0 Å². The van der Waals surface area contributed by atoms with Gasteiger partial charge in [0.05, 0.1) is 6.54 Å². The lowest BCUT2D eigenvalue weighted by Gasteiger charge is -2.17. The smallest absolute Gasteiger partial charge is 0.122 e. The second kappa shape index (κ2) is 6.78. The zero-order chi connectivity index (χ0) is 13.7. The highest BCUT2D eigenvalue weighted by atomic mass is 32.2. The van der Waals surface area contributed by atoms with Crippen molar-refractivity contribution < 1.29 is 0 Å². The lowest BCUT2D eigenvalue weighted by Crippen LogP contribution is -2.19. The zero-order valence-corrected chi connectivity index (χ0v) is 12.7. The van der Waals surface area contributed by atoms with Crippen molar-refractivity contribution in [1.82, 2.24) is 14.5 Å². The molecule has 1 aromatic carbocycles. The van der Waals surface area contributed by atoms with E-state index in [0.717, 1.165) is 25.5 Å². The fourth-order valence-electron chi connectivity index (χ4n) is 2.12. The van der Waals surface area contributed by atoms with Gasteiger partial charge in [-0.25, -0.2) is 4.98 Å². The molecule has 2 rings (SSSR count). The molecule has 0 aliphatic rings. The van der Waals surface area contributed by atoms with E-state index in [0.29, 0.717) is 0 Å². The number of hydrogen-bond acceptors (Lipinski definition) is 3. The van der Waals surface area contributed by atoms with E-state index < -0.39 is 0 Å². The Hall–Kier alpha value is -1.26. The molecule has 4 heteroatoms. The van der Waals surface area contributed by atoms with Gasteiger partial charge in [0.15, 0.2) is 0 Å². The van der Waals surface area contributed by atoms with Crippen molar-refractivity contribution in [3.63, 3.8) is 0 Å². The Morgan fingerprint density at radius 2 is 1.95 bits per heavy atom. The van der Waals surface area contributed by atoms with Gasteiger partial charge in [-0.1, -0.05) is 12.1 Å². The molecule has 0 saturated heterocycles. The van der Waals surface area contributed by atoms with E-state index in [1.165, 1.54) is 10.5 Å². The first kappa shape index (κ1) is 14.2. The van der Waals surface area contributed by atoms with Crippen LogP contribution in [0, 0.1) is 0 Å². The van der Waals surface area contributed by atoms with E-state index in [2.05, 4.69) is 58.9 Å². The van der Waals surface area contributed by atoms with Crippen molar-refractivity contribution in [2.24, 2.45) is 0 Å². The largest absolute Gasteiger partial charge is 0.334 e. The molecule has 0 bridgehead atoms. The lowest BCUT2D eigenvalue weighted by atomic mass is 10.2. The summed E-state index contributed by atoms with van der Waals surface area (Å²) in [5.74, 6) is 1.13.